The van der Waals surface area contributed by atoms with Crippen LogP contribution < -0.4 is 10.1 Å². The molecule has 0 spiro atoms. The molecule has 1 saturated heterocycles. The summed E-state index contributed by atoms with van der Waals surface area (Å²) in [6, 6.07) is 8.10. The Bertz CT molecular complexity index is 417. The van der Waals surface area contributed by atoms with E-state index in [9.17, 15) is 4.39 Å². The third-order valence-electron chi connectivity index (χ3n) is 4.49. The number of benzene rings is 1. The highest BCUT2D eigenvalue weighted by Crippen LogP contribution is 2.38. The van der Waals surface area contributed by atoms with Crippen LogP contribution in [0.5, 0.6) is 5.75 Å². The van der Waals surface area contributed by atoms with E-state index in [4.69, 9.17) is 4.74 Å². The number of alkyl halides is 1. The summed E-state index contributed by atoms with van der Waals surface area (Å²) in [4.78, 5) is 0. The number of piperidine rings is 1. The monoisotopic (exact) mass is 263 g/mol. The molecule has 2 unspecified atom stereocenters. The molecule has 0 aliphatic carbocycles. The van der Waals surface area contributed by atoms with Gasteiger partial charge in [0.15, 0.2) is 0 Å². The van der Waals surface area contributed by atoms with Gasteiger partial charge in [-0.15, -0.1) is 0 Å². The molecule has 2 atom stereocenters. The van der Waals surface area contributed by atoms with Crippen LogP contribution >= 0.6 is 0 Å². The average molecular weight is 263 g/mol. The average Bonchev–Trinajstić information content (AvgIpc) is 2.48. The topological polar surface area (TPSA) is 21.3 Å². The van der Waals surface area contributed by atoms with Crippen molar-refractivity contribution in [3.8, 4) is 5.75 Å². The van der Waals surface area contributed by atoms with E-state index in [-0.39, 0.29) is 5.92 Å². The van der Waals surface area contributed by atoms with Gasteiger partial charge in [0, 0.05) is 0 Å². The lowest BCUT2D eigenvalue weighted by Crippen LogP contribution is -2.33. The Morgan fingerprint density at radius 2 is 2.00 bits per heavy atom. The van der Waals surface area contributed by atoms with Crippen molar-refractivity contribution in [2.75, 3.05) is 19.7 Å². The predicted molar refractivity (Wildman–Crippen MR) is 74.4 cm³/mol. The molecule has 0 aromatic heterocycles. The molecule has 0 bridgehead atoms. The van der Waals surface area contributed by atoms with Crippen molar-refractivity contribution < 1.29 is 9.13 Å². The van der Waals surface area contributed by atoms with Gasteiger partial charge in [0.2, 0.25) is 0 Å². The van der Waals surface area contributed by atoms with Gasteiger partial charge in [0.05, 0.1) is 6.61 Å². The Kier molecular flexibility index (Phi) is 4.02. The van der Waals surface area contributed by atoms with Crippen LogP contribution in [0, 0.1) is 5.92 Å². The number of nitrogens with one attached hydrogen (secondary N) is 1. The molecular weight excluding hydrogens is 241 g/mol. The van der Waals surface area contributed by atoms with Gasteiger partial charge in [-0.3, -0.25) is 0 Å². The summed E-state index contributed by atoms with van der Waals surface area (Å²) in [6.45, 7) is 2.66. The van der Waals surface area contributed by atoms with E-state index in [1.807, 2.05) is 18.2 Å². The largest absolute Gasteiger partial charge is 0.493 e. The van der Waals surface area contributed by atoms with Crippen LogP contribution in [0.15, 0.2) is 24.3 Å². The Morgan fingerprint density at radius 3 is 2.84 bits per heavy atom. The van der Waals surface area contributed by atoms with Crippen LogP contribution in [0.2, 0.25) is 0 Å². The van der Waals surface area contributed by atoms with Crippen molar-refractivity contribution in [2.24, 2.45) is 5.92 Å². The van der Waals surface area contributed by atoms with Crippen LogP contribution in [-0.2, 0) is 0 Å². The summed E-state index contributed by atoms with van der Waals surface area (Å²) >= 11 is 0. The number of hydrogen-bond acceptors (Lipinski definition) is 2. The molecule has 2 nitrogen and oxygen atoms in total. The Morgan fingerprint density at radius 1 is 1.21 bits per heavy atom. The second-order valence-electron chi connectivity index (χ2n) is 5.71. The van der Waals surface area contributed by atoms with E-state index >= 15 is 0 Å². The highest BCUT2D eigenvalue weighted by Gasteiger charge is 2.29. The lowest BCUT2D eigenvalue weighted by Gasteiger charge is -2.31. The Balaban J connectivity index is 1.66. The molecule has 3 rings (SSSR count). The number of hydrogen-bond donors (Lipinski definition) is 1. The number of rotatable bonds is 3. The highest BCUT2D eigenvalue weighted by molar-refractivity contribution is 5.37. The number of halogens is 1. The molecule has 1 aromatic carbocycles. The fourth-order valence-electron chi connectivity index (χ4n) is 3.33. The molecule has 0 saturated carbocycles. The van der Waals surface area contributed by atoms with Gasteiger partial charge in [0.25, 0.3) is 0 Å². The molecule has 3 heteroatoms. The fourth-order valence-corrected chi connectivity index (χ4v) is 3.33. The zero-order chi connectivity index (χ0) is 13.1. The SMILES string of the molecule is FC(CC1CCOc2ccccc21)C1CCNCC1. The number of fused-ring (bicyclic) bond motifs is 1. The van der Waals surface area contributed by atoms with E-state index in [2.05, 4.69) is 11.4 Å². The van der Waals surface area contributed by atoms with Crippen LogP contribution in [-0.4, -0.2) is 25.9 Å². The smallest absolute Gasteiger partial charge is 0.122 e. The lowest BCUT2D eigenvalue weighted by molar-refractivity contribution is 0.155. The minimum absolute atomic E-state index is 0.247. The van der Waals surface area contributed by atoms with Gasteiger partial charge >= 0.3 is 0 Å². The maximum atomic E-state index is 14.5. The maximum Gasteiger partial charge on any atom is 0.122 e. The zero-order valence-electron chi connectivity index (χ0n) is 11.3. The molecule has 1 aromatic rings. The van der Waals surface area contributed by atoms with E-state index < -0.39 is 6.17 Å². The van der Waals surface area contributed by atoms with Crippen molar-refractivity contribution in [3.63, 3.8) is 0 Å². The molecule has 2 aliphatic rings. The number of ether oxygens (including phenoxy) is 1. The molecule has 2 heterocycles. The molecule has 2 aliphatic heterocycles. The minimum atomic E-state index is -0.668. The molecule has 19 heavy (non-hydrogen) atoms. The highest BCUT2D eigenvalue weighted by atomic mass is 19.1. The summed E-state index contributed by atoms with van der Waals surface area (Å²) in [5.74, 6) is 1.53. The predicted octanol–water partition coefficient (Wildman–Crippen LogP) is 3.28. The Labute approximate surface area is 114 Å². The van der Waals surface area contributed by atoms with Crippen LogP contribution in [0.3, 0.4) is 0 Å². The van der Waals surface area contributed by atoms with E-state index in [0.717, 1.165) is 44.7 Å². The van der Waals surface area contributed by atoms with Gasteiger partial charge < -0.3 is 10.1 Å². The van der Waals surface area contributed by atoms with Crippen LogP contribution in [0.1, 0.15) is 37.2 Å². The normalized spacial score (nSPS) is 25.4. The van der Waals surface area contributed by atoms with E-state index in [0.29, 0.717) is 12.3 Å². The zero-order valence-corrected chi connectivity index (χ0v) is 11.3. The van der Waals surface area contributed by atoms with Crippen molar-refractivity contribution in [1.29, 1.82) is 0 Å². The second kappa shape index (κ2) is 5.91. The number of para-hydroxylation sites is 1. The summed E-state index contributed by atoms with van der Waals surface area (Å²) < 4.78 is 20.1. The van der Waals surface area contributed by atoms with Crippen molar-refractivity contribution in [1.82, 2.24) is 5.32 Å². The summed E-state index contributed by atoms with van der Waals surface area (Å²) in [5, 5.41) is 3.30. The first-order valence-corrected chi connectivity index (χ1v) is 7.41. The molecule has 0 radical (unpaired) electrons. The first-order valence-electron chi connectivity index (χ1n) is 7.41. The molecule has 1 fully saturated rings. The van der Waals surface area contributed by atoms with Gasteiger partial charge in [0.1, 0.15) is 11.9 Å². The summed E-state index contributed by atoms with van der Waals surface area (Å²) in [7, 11) is 0. The standard InChI is InChI=1S/C16H22FNO/c17-15(12-5-8-18-9-6-12)11-13-7-10-19-16-4-2-1-3-14(13)16/h1-4,12-13,15,18H,5-11H2. The first kappa shape index (κ1) is 12.9. The minimum Gasteiger partial charge on any atom is -0.493 e. The molecule has 0 amide bonds. The van der Waals surface area contributed by atoms with Gasteiger partial charge in [-0.25, -0.2) is 4.39 Å². The second-order valence-corrected chi connectivity index (χ2v) is 5.71. The Hall–Kier alpha value is -1.09. The maximum absolute atomic E-state index is 14.5. The third kappa shape index (κ3) is 2.92. The third-order valence-corrected chi connectivity index (χ3v) is 4.49. The van der Waals surface area contributed by atoms with Crippen molar-refractivity contribution in [2.45, 2.75) is 37.8 Å². The van der Waals surface area contributed by atoms with Gasteiger partial charge in [-0.05, 0) is 62.2 Å². The van der Waals surface area contributed by atoms with E-state index in [1.54, 1.807) is 0 Å². The fraction of sp³-hybridized carbons (Fsp3) is 0.625. The molecule has 1 N–H and O–H groups in total. The lowest BCUT2D eigenvalue weighted by atomic mass is 9.83. The molecule has 104 valence electrons. The van der Waals surface area contributed by atoms with Crippen LogP contribution in [0.4, 0.5) is 4.39 Å². The first-order chi connectivity index (χ1) is 9.34. The van der Waals surface area contributed by atoms with E-state index in [1.165, 1.54) is 5.56 Å². The quantitative estimate of drug-likeness (QED) is 0.903. The van der Waals surface area contributed by atoms with Crippen molar-refractivity contribution in [3.05, 3.63) is 29.8 Å². The van der Waals surface area contributed by atoms with Crippen molar-refractivity contribution >= 4 is 0 Å². The summed E-state index contributed by atoms with van der Waals surface area (Å²) in [6.07, 6.45) is 2.89. The van der Waals surface area contributed by atoms with Crippen LogP contribution in [0.25, 0.3) is 0 Å². The van der Waals surface area contributed by atoms with Gasteiger partial charge in [-0.2, -0.15) is 0 Å². The summed E-state index contributed by atoms with van der Waals surface area (Å²) in [5.41, 5.74) is 1.20. The van der Waals surface area contributed by atoms with Gasteiger partial charge in [-0.1, -0.05) is 18.2 Å². The molecular formula is C16H22FNO.